The maximum absolute atomic E-state index is 5.61. The van der Waals surface area contributed by atoms with Crippen molar-refractivity contribution in [2.75, 3.05) is 6.61 Å². The van der Waals surface area contributed by atoms with Crippen molar-refractivity contribution in [3.8, 4) is 5.75 Å². The largest absolute Gasteiger partial charge is 0.494 e. The van der Waals surface area contributed by atoms with E-state index in [-0.39, 0.29) is 0 Å². The van der Waals surface area contributed by atoms with Crippen molar-refractivity contribution < 1.29 is 4.74 Å². The van der Waals surface area contributed by atoms with Crippen molar-refractivity contribution in [1.82, 2.24) is 0 Å². The van der Waals surface area contributed by atoms with Crippen molar-refractivity contribution in [2.24, 2.45) is 0 Å². The molecule has 1 nitrogen and oxygen atoms in total. The van der Waals surface area contributed by atoms with Crippen LogP contribution >= 0.6 is 0 Å². The topological polar surface area (TPSA) is 9.23 Å². The van der Waals surface area contributed by atoms with E-state index in [0.717, 1.165) is 18.8 Å². The lowest BCUT2D eigenvalue weighted by molar-refractivity contribution is 0.336. The van der Waals surface area contributed by atoms with E-state index in [2.05, 4.69) is 39.0 Å². The summed E-state index contributed by atoms with van der Waals surface area (Å²) in [4.78, 5) is 0. The third-order valence-corrected chi connectivity index (χ3v) is 2.33. The lowest BCUT2D eigenvalue weighted by Gasteiger charge is -2.12. The van der Waals surface area contributed by atoms with Crippen molar-refractivity contribution in [1.29, 1.82) is 0 Å². The Balaban J connectivity index is 3.01. The average molecular weight is 191 g/mol. The molecule has 0 atom stereocenters. The van der Waals surface area contributed by atoms with Crippen LogP contribution in [0.5, 0.6) is 5.75 Å². The van der Waals surface area contributed by atoms with Crippen LogP contribution in [0.25, 0.3) is 0 Å². The van der Waals surface area contributed by atoms with E-state index in [1.807, 2.05) is 6.92 Å². The highest BCUT2D eigenvalue weighted by molar-refractivity contribution is 5.42. The van der Waals surface area contributed by atoms with E-state index >= 15 is 0 Å². The SMILES string of the molecule is CCOc1cc([C](C)C)ccc1CC. The Morgan fingerprint density at radius 3 is 2.43 bits per heavy atom. The van der Waals surface area contributed by atoms with Crippen LogP contribution in [0.3, 0.4) is 0 Å². The van der Waals surface area contributed by atoms with Gasteiger partial charge in [0, 0.05) is 0 Å². The third kappa shape index (κ3) is 2.50. The highest BCUT2D eigenvalue weighted by Crippen LogP contribution is 2.24. The number of aryl methyl sites for hydroxylation is 1. The van der Waals surface area contributed by atoms with Crippen molar-refractivity contribution in [3.63, 3.8) is 0 Å². The van der Waals surface area contributed by atoms with Crippen molar-refractivity contribution in [2.45, 2.75) is 34.1 Å². The predicted octanol–water partition coefficient (Wildman–Crippen LogP) is 3.61. The molecule has 0 aliphatic rings. The zero-order valence-electron chi connectivity index (χ0n) is 9.55. The minimum absolute atomic E-state index is 0.735. The molecule has 0 heterocycles. The van der Waals surface area contributed by atoms with Gasteiger partial charge in [-0.1, -0.05) is 32.9 Å². The lowest BCUT2D eigenvalue weighted by atomic mass is 10.00. The van der Waals surface area contributed by atoms with Gasteiger partial charge in [0.1, 0.15) is 5.75 Å². The first-order valence-electron chi connectivity index (χ1n) is 5.25. The Morgan fingerprint density at radius 2 is 1.93 bits per heavy atom. The molecule has 14 heavy (non-hydrogen) atoms. The molecule has 0 aliphatic heterocycles. The Bertz CT molecular complexity index is 289. The molecule has 0 fully saturated rings. The van der Waals surface area contributed by atoms with E-state index in [0.29, 0.717) is 0 Å². The first-order chi connectivity index (χ1) is 6.69. The van der Waals surface area contributed by atoms with Gasteiger partial charge in [-0.05, 0) is 36.5 Å². The minimum atomic E-state index is 0.735. The molecule has 1 aromatic rings. The highest BCUT2D eigenvalue weighted by Gasteiger charge is 2.05. The third-order valence-electron chi connectivity index (χ3n) is 2.33. The van der Waals surface area contributed by atoms with Gasteiger partial charge < -0.3 is 4.74 Å². The quantitative estimate of drug-likeness (QED) is 0.706. The van der Waals surface area contributed by atoms with Crippen LogP contribution < -0.4 is 4.74 Å². The summed E-state index contributed by atoms with van der Waals surface area (Å²) < 4.78 is 5.61. The number of hydrogen-bond donors (Lipinski definition) is 0. The van der Waals surface area contributed by atoms with Gasteiger partial charge in [0.25, 0.3) is 0 Å². The lowest BCUT2D eigenvalue weighted by Crippen LogP contribution is -1.98. The Kier molecular flexibility index (Phi) is 3.99. The Hall–Kier alpha value is -0.980. The smallest absolute Gasteiger partial charge is 0.122 e. The van der Waals surface area contributed by atoms with Gasteiger partial charge in [0.05, 0.1) is 6.61 Å². The average Bonchev–Trinajstić information content (AvgIpc) is 2.18. The molecular weight excluding hydrogens is 172 g/mol. The van der Waals surface area contributed by atoms with Crippen LogP contribution in [-0.2, 0) is 6.42 Å². The fourth-order valence-electron chi connectivity index (χ4n) is 1.45. The summed E-state index contributed by atoms with van der Waals surface area (Å²) in [5.41, 5.74) is 2.56. The monoisotopic (exact) mass is 191 g/mol. The van der Waals surface area contributed by atoms with Gasteiger partial charge >= 0.3 is 0 Å². The first-order valence-corrected chi connectivity index (χ1v) is 5.25. The highest BCUT2D eigenvalue weighted by atomic mass is 16.5. The molecule has 1 rings (SSSR count). The van der Waals surface area contributed by atoms with Crippen LogP contribution in [-0.4, -0.2) is 6.61 Å². The first kappa shape index (κ1) is 11.1. The Morgan fingerprint density at radius 1 is 1.21 bits per heavy atom. The van der Waals surface area contributed by atoms with Crippen LogP contribution in [0.1, 0.15) is 38.8 Å². The van der Waals surface area contributed by atoms with Crippen molar-refractivity contribution in [3.05, 3.63) is 35.2 Å². The molecule has 0 saturated heterocycles. The summed E-state index contributed by atoms with van der Waals surface area (Å²) in [6, 6.07) is 6.46. The predicted molar refractivity (Wildman–Crippen MR) is 60.7 cm³/mol. The standard InChI is InChI=1S/C13H19O/c1-5-11-7-8-12(10(3)4)9-13(11)14-6-2/h7-9H,5-6H2,1-4H3. The molecule has 0 aromatic heterocycles. The second kappa shape index (κ2) is 5.04. The molecule has 0 N–H and O–H groups in total. The van der Waals surface area contributed by atoms with E-state index in [1.165, 1.54) is 17.0 Å². The fourth-order valence-corrected chi connectivity index (χ4v) is 1.45. The van der Waals surface area contributed by atoms with E-state index in [1.54, 1.807) is 0 Å². The number of ether oxygens (including phenoxy) is 1. The van der Waals surface area contributed by atoms with Gasteiger partial charge in [-0.15, -0.1) is 0 Å². The molecule has 0 aliphatic carbocycles. The second-order valence-corrected chi connectivity index (χ2v) is 3.61. The summed E-state index contributed by atoms with van der Waals surface area (Å²) in [7, 11) is 0. The van der Waals surface area contributed by atoms with E-state index in [9.17, 15) is 0 Å². The zero-order valence-corrected chi connectivity index (χ0v) is 9.55. The molecule has 1 aromatic carbocycles. The zero-order chi connectivity index (χ0) is 10.6. The molecule has 0 saturated carbocycles. The van der Waals surface area contributed by atoms with Gasteiger partial charge in [-0.2, -0.15) is 0 Å². The van der Waals surface area contributed by atoms with Crippen LogP contribution in [0.4, 0.5) is 0 Å². The number of rotatable bonds is 4. The maximum atomic E-state index is 5.61. The van der Waals surface area contributed by atoms with Crippen LogP contribution in [0, 0.1) is 5.92 Å². The summed E-state index contributed by atoms with van der Waals surface area (Å²) in [6.07, 6.45) is 1.03. The van der Waals surface area contributed by atoms with Gasteiger partial charge in [-0.3, -0.25) is 0 Å². The molecule has 1 radical (unpaired) electrons. The molecule has 77 valence electrons. The van der Waals surface area contributed by atoms with E-state index < -0.39 is 0 Å². The van der Waals surface area contributed by atoms with E-state index in [4.69, 9.17) is 4.74 Å². The summed E-state index contributed by atoms with van der Waals surface area (Å²) in [5.74, 6) is 2.36. The van der Waals surface area contributed by atoms with Crippen LogP contribution in [0.2, 0.25) is 0 Å². The molecular formula is C13H19O. The Labute approximate surface area is 87.1 Å². The normalized spacial score (nSPS) is 10.6. The fraction of sp³-hybridized carbons (Fsp3) is 0.462. The van der Waals surface area contributed by atoms with Gasteiger partial charge in [0.2, 0.25) is 0 Å². The summed E-state index contributed by atoms with van der Waals surface area (Å²) in [6.45, 7) is 9.15. The molecule has 0 amide bonds. The molecule has 0 spiro atoms. The number of hydrogen-bond acceptors (Lipinski definition) is 1. The van der Waals surface area contributed by atoms with Crippen molar-refractivity contribution >= 4 is 0 Å². The van der Waals surface area contributed by atoms with Gasteiger partial charge in [0.15, 0.2) is 0 Å². The summed E-state index contributed by atoms with van der Waals surface area (Å²) >= 11 is 0. The van der Waals surface area contributed by atoms with Crippen LogP contribution in [0.15, 0.2) is 18.2 Å². The maximum Gasteiger partial charge on any atom is 0.122 e. The number of benzene rings is 1. The van der Waals surface area contributed by atoms with Gasteiger partial charge in [-0.25, -0.2) is 0 Å². The molecule has 0 unspecified atom stereocenters. The molecule has 0 bridgehead atoms. The second-order valence-electron chi connectivity index (χ2n) is 3.61. The minimum Gasteiger partial charge on any atom is -0.494 e. The molecule has 1 heteroatoms. The summed E-state index contributed by atoms with van der Waals surface area (Å²) in [5, 5.41) is 0.